The fraction of sp³-hybridized carbons (Fsp3) is 0.462. The maximum absolute atomic E-state index is 11.8. The van der Waals surface area contributed by atoms with Gasteiger partial charge in [-0.05, 0) is 30.0 Å². The molecule has 4 heteroatoms. The van der Waals surface area contributed by atoms with E-state index in [0.29, 0.717) is 18.0 Å². The maximum atomic E-state index is 11.8. The first-order valence-corrected chi connectivity index (χ1v) is 6.11. The largest absolute Gasteiger partial charge is 0.508 e. The molecule has 0 atom stereocenters. The Balaban J connectivity index is 2.56. The van der Waals surface area contributed by atoms with E-state index >= 15 is 0 Å². The third kappa shape index (κ3) is 4.65. The van der Waals surface area contributed by atoms with Crippen molar-refractivity contribution >= 4 is 17.5 Å². The number of halogens is 1. The van der Waals surface area contributed by atoms with Crippen LogP contribution in [0.5, 0.6) is 5.75 Å². The van der Waals surface area contributed by atoms with E-state index in [0.717, 1.165) is 6.42 Å². The van der Waals surface area contributed by atoms with Crippen LogP contribution in [-0.4, -0.2) is 23.4 Å². The molecular formula is C13H18ClNO2. The van der Waals surface area contributed by atoms with Gasteiger partial charge in [0.2, 0.25) is 0 Å². The second kappa shape index (κ2) is 5.92. The summed E-state index contributed by atoms with van der Waals surface area (Å²) in [5, 5.41) is 12.1. The Morgan fingerprint density at radius 2 is 2.18 bits per heavy atom. The van der Waals surface area contributed by atoms with E-state index in [9.17, 15) is 9.90 Å². The Morgan fingerprint density at radius 3 is 2.76 bits per heavy atom. The molecule has 0 heterocycles. The standard InChI is InChI=1S/C13H18ClNO2/c1-13(2,6-7-14)9-15-12(17)10-4-3-5-11(16)8-10/h3-5,8,16H,6-7,9H2,1-2H3,(H,15,17). The zero-order chi connectivity index (χ0) is 12.9. The van der Waals surface area contributed by atoms with Gasteiger partial charge in [0.05, 0.1) is 0 Å². The third-order valence-corrected chi connectivity index (χ3v) is 2.80. The predicted octanol–water partition coefficient (Wildman–Crippen LogP) is 2.78. The van der Waals surface area contributed by atoms with Crippen LogP contribution < -0.4 is 5.32 Å². The number of hydrogen-bond donors (Lipinski definition) is 2. The Morgan fingerprint density at radius 1 is 1.47 bits per heavy atom. The summed E-state index contributed by atoms with van der Waals surface area (Å²) in [4.78, 5) is 11.8. The van der Waals surface area contributed by atoms with Crippen molar-refractivity contribution in [2.75, 3.05) is 12.4 Å². The number of benzene rings is 1. The van der Waals surface area contributed by atoms with Crippen molar-refractivity contribution in [1.29, 1.82) is 0 Å². The molecule has 0 saturated heterocycles. The van der Waals surface area contributed by atoms with E-state index in [1.54, 1.807) is 12.1 Å². The average Bonchev–Trinajstić information content (AvgIpc) is 2.26. The summed E-state index contributed by atoms with van der Waals surface area (Å²) in [6.45, 7) is 4.67. The molecule has 1 aromatic carbocycles. The van der Waals surface area contributed by atoms with Gasteiger partial charge in [-0.2, -0.15) is 0 Å². The normalized spacial score (nSPS) is 11.2. The summed E-state index contributed by atoms with van der Waals surface area (Å²) in [5.74, 6) is 0.496. The first kappa shape index (κ1) is 13.8. The molecule has 3 nitrogen and oxygen atoms in total. The van der Waals surface area contributed by atoms with Crippen molar-refractivity contribution < 1.29 is 9.90 Å². The van der Waals surface area contributed by atoms with Crippen molar-refractivity contribution in [3.8, 4) is 5.75 Å². The van der Waals surface area contributed by atoms with Gasteiger partial charge < -0.3 is 10.4 Å². The zero-order valence-electron chi connectivity index (χ0n) is 10.2. The zero-order valence-corrected chi connectivity index (χ0v) is 10.9. The quantitative estimate of drug-likeness (QED) is 0.795. The maximum Gasteiger partial charge on any atom is 0.251 e. The molecule has 0 saturated carbocycles. The van der Waals surface area contributed by atoms with E-state index in [-0.39, 0.29) is 17.1 Å². The Bertz CT molecular complexity index is 391. The topological polar surface area (TPSA) is 49.3 Å². The monoisotopic (exact) mass is 255 g/mol. The summed E-state index contributed by atoms with van der Waals surface area (Å²) >= 11 is 5.69. The minimum atomic E-state index is -0.177. The molecule has 0 unspecified atom stereocenters. The van der Waals surface area contributed by atoms with Gasteiger partial charge in [-0.15, -0.1) is 11.6 Å². The van der Waals surface area contributed by atoms with Gasteiger partial charge >= 0.3 is 0 Å². The summed E-state index contributed by atoms with van der Waals surface area (Å²) in [5.41, 5.74) is 0.445. The van der Waals surface area contributed by atoms with Crippen LogP contribution in [0.25, 0.3) is 0 Å². The first-order valence-electron chi connectivity index (χ1n) is 5.58. The highest BCUT2D eigenvalue weighted by atomic mass is 35.5. The highest BCUT2D eigenvalue weighted by Gasteiger charge is 2.18. The molecular weight excluding hydrogens is 238 g/mol. The van der Waals surface area contributed by atoms with Crippen LogP contribution >= 0.6 is 11.6 Å². The molecule has 1 amide bonds. The molecule has 0 radical (unpaired) electrons. The lowest BCUT2D eigenvalue weighted by atomic mass is 9.90. The molecule has 17 heavy (non-hydrogen) atoms. The number of carbonyl (C=O) groups excluding carboxylic acids is 1. The Labute approximate surface area is 107 Å². The molecule has 0 aliphatic carbocycles. The van der Waals surface area contributed by atoms with Gasteiger partial charge in [0.15, 0.2) is 0 Å². The Hall–Kier alpha value is -1.22. The van der Waals surface area contributed by atoms with Crippen LogP contribution in [0, 0.1) is 5.41 Å². The van der Waals surface area contributed by atoms with Crippen molar-refractivity contribution in [3.63, 3.8) is 0 Å². The summed E-state index contributed by atoms with van der Waals surface area (Å²) in [6, 6.07) is 6.30. The number of amides is 1. The summed E-state index contributed by atoms with van der Waals surface area (Å²) in [6.07, 6.45) is 0.842. The fourth-order valence-electron chi connectivity index (χ4n) is 1.41. The molecule has 2 N–H and O–H groups in total. The van der Waals surface area contributed by atoms with Gasteiger partial charge in [0.25, 0.3) is 5.91 Å². The number of phenols is 1. The van der Waals surface area contributed by atoms with E-state index in [2.05, 4.69) is 19.2 Å². The van der Waals surface area contributed by atoms with E-state index in [1.165, 1.54) is 12.1 Å². The van der Waals surface area contributed by atoms with Crippen LogP contribution in [0.3, 0.4) is 0 Å². The number of nitrogens with one attached hydrogen (secondary N) is 1. The van der Waals surface area contributed by atoms with Crippen LogP contribution in [0.1, 0.15) is 30.6 Å². The van der Waals surface area contributed by atoms with Crippen molar-refractivity contribution in [3.05, 3.63) is 29.8 Å². The minimum absolute atomic E-state index is 0.0196. The highest BCUT2D eigenvalue weighted by Crippen LogP contribution is 2.19. The molecule has 1 rings (SSSR count). The van der Waals surface area contributed by atoms with E-state index in [1.807, 2.05) is 0 Å². The number of aromatic hydroxyl groups is 1. The fourth-order valence-corrected chi connectivity index (χ4v) is 1.92. The lowest BCUT2D eigenvalue weighted by Gasteiger charge is -2.23. The van der Waals surface area contributed by atoms with Crippen LogP contribution in [0.2, 0.25) is 0 Å². The predicted molar refractivity (Wildman–Crippen MR) is 69.6 cm³/mol. The van der Waals surface area contributed by atoms with Gasteiger partial charge in [0.1, 0.15) is 5.75 Å². The van der Waals surface area contributed by atoms with Crippen molar-refractivity contribution in [1.82, 2.24) is 5.32 Å². The molecule has 0 fully saturated rings. The number of phenolic OH excluding ortho intramolecular Hbond substituents is 1. The molecule has 0 aliphatic rings. The van der Waals surface area contributed by atoms with Crippen LogP contribution in [0.15, 0.2) is 24.3 Å². The summed E-state index contributed by atoms with van der Waals surface area (Å²) < 4.78 is 0. The molecule has 0 aromatic heterocycles. The van der Waals surface area contributed by atoms with Crippen LogP contribution in [0.4, 0.5) is 0 Å². The van der Waals surface area contributed by atoms with Crippen LogP contribution in [-0.2, 0) is 0 Å². The lowest BCUT2D eigenvalue weighted by Crippen LogP contribution is -2.34. The molecule has 0 aliphatic heterocycles. The Kier molecular flexibility index (Phi) is 4.82. The number of rotatable bonds is 5. The van der Waals surface area contributed by atoms with Gasteiger partial charge in [-0.25, -0.2) is 0 Å². The van der Waals surface area contributed by atoms with E-state index < -0.39 is 0 Å². The van der Waals surface area contributed by atoms with Crippen molar-refractivity contribution in [2.45, 2.75) is 20.3 Å². The number of carbonyl (C=O) groups is 1. The smallest absolute Gasteiger partial charge is 0.251 e. The minimum Gasteiger partial charge on any atom is -0.508 e. The number of alkyl halides is 1. The van der Waals surface area contributed by atoms with E-state index in [4.69, 9.17) is 11.6 Å². The molecule has 1 aromatic rings. The molecule has 94 valence electrons. The third-order valence-electron chi connectivity index (χ3n) is 2.61. The second-order valence-corrected chi connectivity index (χ2v) is 5.21. The number of hydrogen-bond acceptors (Lipinski definition) is 2. The lowest BCUT2D eigenvalue weighted by molar-refractivity contribution is 0.0935. The van der Waals surface area contributed by atoms with Gasteiger partial charge in [-0.1, -0.05) is 19.9 Å². The van der Waals surface area contributed by atoms with Crippen molar-refractivity contribution in [2.24, 2.45) is 5.41 Å². The molecule has 0 spiro atoms. The second-order valence-electron chi connectivity index (χ2n) is 4.84. The first-order chi connectivity index (χ1) is 7.94. The highest BCUT2D eigenvalue weighted by molar-refractivity contribution is 6.17. The van der Waals surface area contributed by atoms with Gasteiger partial charge in [-0.3, -0.25) is 4.79 Å². The van der Waals surface area contributed by atoms with Gasteiger partial charge in [0, 0.05) is 18.0 Å². The molecule has 0 bridgehead atoms. The SMILES string of the molecule is CC(C)(CCCl)CNC(=O)c1cccc(O)c1. The average molecular weight is 256 g/mol. The summed E-state index contributed by atoms with van der Waals surface area (Å²) in [7, 11) is 0.